The molecule has 0 spiro atoms. The fourth-order valence-electron chi connectivity index (χ4n) is 2.63. The van der Waals surface area contributed by atoms with Crippen molar-refractivity contribution in [3.63, 3.8) is 0 Å². The van der Waals surface area contributed by atoms with Crippen molar-refractivity contribution in [2.75, 3.05) is 24.3 Å². The number of nitrogens with zero attached hydrogens (tertiary/aromatic N) is 4. The zero-order chi connectivity index (χ0) is 20.4. The summed E-state index contributed by atoms with van der Waals surface area (Å²) in [6, 6.07) is 9.60. The van der Waals surface area contributed by atoms with Gasteiger partial charge in [0.1, 0.15) is 16.6 Å². The summed E-state index contributed by atoms with van der Waals surface area (Å²) in [4.78, 5) is 14.4. The van der Waals surface area contributed by atoms with Crippen LogP contribution in [0.4, 0.5) is 10.8 Å². The maximum absolute atomic E-state index is 12.4. The molecule has 1 N–H and O–H groups in total. The van der Waals surface area contributed by atoms with E-state index in [-0.39, 0.29) is 5.57 Å². The Hall–Kier alpha value is -2.72. The van der Waals surface area contributed by atoms with E-state index in [2.05, 4.69) is 22.4 Å². The summed E-state index contributed by atoms with van der Waals surface area (Å²) in [5, 5.41) is 21.5. The standard InChI is InChI=1S/C21H27N5OS/c1-4-5-6-7-8-9-19-24-25-21(28-19)23-20(27)17(15-22)14-16-10-12-18(13-11-16)26(2)3/h10-14H,4-9H2,1-3H3,(H,23,25,27)/b17-14-. The molecular formula is C21H27N5OS. The lowest BCUT2D eigenvalue weighted by atomic mass is 10.1. The molecular weight excluding hydrogens is 370 g/mol. The molecule has 0 bridgehead atoms. The Morgan fingerprint density at radius 2 is 1.89 bits per heavy atom. The summed E-state index contributed by atoms with van der Waals surface area (Å²) in [6.45, 7) is 2.20. The molecule has 2 rings (SSSR count). The van der Waals surface area contributed by atoms with Gasteiger partial charge >= 0.3 is 0 Å². The van der Waals surface area contributed by atoms with Gasteiger partial charge in [-0.3, -0.25) is 10.1 Å². The minimum Gasteiger partial charge on any atom is -0.378 e. The molecule has 0 unspecified atom stereocenters. The van der Waals surface area contributed by atoms with Gasteiger partial charge in [-0.25, -0.2) is 0 Å². The number of hydrogen-bond acceptors (Lipinski definition) is 6. The number of unbranched alkanes of at least 4 members (excludes halogenated alkanes) is 4. The van der Waals surface area contributed by atoms with E-state index >= 15 is 0 Å². The van der Waals surface area contributed by atoms with Gasteiger partial charge in [-0.05, 0) is 30.2 Å². The Morgan fingerprint density at radius 1 is 1.18 bits per heavy atom. The molecule has 0 aliphatic carbocycles. The third-order valence-corrected chi connectivity index (χ3v) is 5.17. The normalized spacial score (nSPS) is 11.1. The van der Waals surface area contributed by atoms with Crippen LogP contribution in [-0.2, 0) is 11.2 Å². The van der Waals surface area contributed by atoms with Crippen molar-refractivity contribution in [1.82, 2.24) is 10.2 Å². The van der Waals surface area contributed by atoms with Crippen LogP contribution in [0.25, 0.3) is 6.08 Å². The van der Waals surface area contributed by atoms with Crippen LogP contribution in [0.5, 0.6) is 0 Å². The van der Waals surface area contributed by atoms with Gasteiger partial charge in [0.15, 0.2) is 0 Å². The van der Waals surface area contributed by atoms with Crippen LogP contribution in [0.3, 0.4) is 0 Å². The van der Waals surface area contributed by atoms with Crippen molar-refractivity contribution < 1.29 is 4.79 Å². The third-order valence-electron chi connectivity index (χ3n) is 4.27. The van der Waals surface area contributed by atoms with E-state index in [4.69, 9.17) is 0 Å². The van der Waals surface area contributed by atoms with Crippen molar-refractivity contribution in [2.24, 2.45) is 0 Å². The first-order valence-electron chi connectivity index (χ1n) is 9.56. The number of rotatable bonds is 10. The van der Waals surface area contributed by atoms with Crippen LogP contribution in [-0.4, -0.2) is 30.2 Å². The minimum atomic E-state index is -0.468. The SMILES string of the molecule is CCCCCCCc1nnc(NC(=O)/C(C#N)=C\c2ccc(N(C)C)cc2)s1. The van der Waals surface area contributed by atoms with Crippen molar-refractivity contribution >= 4 is 34.1 Å². The molecule has 2 aromatic rings. The smallest absolute Gasteiger partial charge is 0.268 e. The average molecular weight is 398 g/mol. The number of amides is 1. The molecule has 148 valence electrons. The molecule has 0 atom stereocenters. The Labute approximate surface area is 170 Å². The molecule has 6 nitrogen and oxygen atoms in total. The zero-order valence-corrected chi connectivity index (χ0v) is 17.6. The molecule has 0 aliphatic heterocycles. The highest BCUT2D eigenvalue weighted by atomic mass is 32.1. The molecule has 1 heterocycles. The molecule has 1 amide bonds. The van der Waals surface area contributed by atoms with Crippen LogP contribution in [0.1, 0.15) is 49.6 Å². The molecule has 0 radical (unpaired) electrons. The molecule has 0 aliphatic rings. The highest BCUT2D eigenvalue weighted by molar-refractivity contribution is 7.15. The summed E-state index contributed by atoms with van der Waals surface area (Å²) < 4.78 is 0. The van der Waals surface area contributed by atoms with Gasteiger partial charge in [-0.15, -0.1) is 10.2 Å². The Bertz CT molecular complexity index is 833. The molecule has 28 heavy (non-hydrogen) atoms. The summed E-state index contributed by atoms with van der Waals surface area (Å²) in [5.74, 6) is -0.468. The highest BCUT2D eigenvalue weighted by Crippen LogP contribution is 2.19. The van der Waals surface area contributed by atoms with Crippen molar-refractivity contribution in [3.8, 4) is 6.07 Å². The summed E-state index contributed by atoms with van der Waals surface area (Å²) in [6.07, 6.45) is 8.44. The van der Waals surface area contributed by atoms with Crippen molar-refractivity contribution in [2.45, 2.75) is 45.4 Å². The first kappa shape index (κ1) is 21.6. The van der Waals surface area contributed by atoms with Crippen LogP contribution < -0.4 is 10.2 Å². The Balaban J connectivity index is 1.94. The van der Waals surface area contributed by atoms with E-state index in [0.717, 1.165) is 29.1 Å². The summed E-state index contributed by atoms with van der Waals surface area (Å²) >= 11 is 1.37. The second-order valence-corrected chi connectivity index (χ2v) is 7.84. The predicted octanol–water partition coefficient (Wildman–Crippen LogP) is 4.66. The maximum Gasteiger partial charge on any atom is 0.268 e. The molecule has 1 aromatic carbocycles. The van der Waals surface area contributed by atoms with Crippen LogP contribution in [0.15, 0.2) is 29.8 Å². The second-order valence-electron chi connectivity index (χ2n) is 6.78. The van der Waals surface area contributed by atoms with Crippen LogP contribution in [0, 0.1) is 11.3 Å². The van der Waals surface area contributed by atoms with Gasteiger partial charge in [0.25, 0.3) is 5.91 Å². The average Bonchev–Trinajstić information content (AvgIpc) is 3.13. The van der Waals surface area contributed by atoms with E-state index in [1.54, 1.807) is 6.08 Å². The number of hydrogen-bond donors (Lipinski definition) is 1. The molecule has 0 fully saturated rings. The molecule has 0 saturated heterocycles. The van der Waals surface area contributed by atoms with E-state index in [1.807, 2.05) is 49.3 Å². The van der Waals surface area contributed by atoms with Crippen molar-refractivity contribution in [3.05, 3.63) is 40.4 Å². The van der Waals surface area contributed by atoms with Crippen LogP contribution in [0.2, 0.25) is 0 Å². The lowest BCUT2D eigenvalue weighted by Gasteiger charge is -2.11. The van der Waals surface area contributed by atoms with E-state index in [1.165, 1.54) is 37.0 Å². The van der Waals surface area contributed by atoms with Gasteiger partial charge in [0.2, 0.25) is 5.13 Å². The predicted molar refractivity (Wildman–Crippen MR) is 115 cm³/mol. The third kappa shape index (κ3) is 6.78. The van der Waals surface area contributed by atoms with Crippen molar-refractivity contribution in [1.29, 1.82) is 5.26 Å². The fourth-order valence-corrected chi connectivity index (χ4v) is 3.41. The Kier molecular flexibility index (Phi) is 8.63. The maximum atomic E-state index is 12.4. The van der Waals surface area contributed by atoms with Gasteiger partial charge < -0.3 is 4.90 Å². The molecule has 1 aromatic heterocycles. The lowest BCUT2D eigenvalue weighted by molar-refractivity contribution is -0.112. The number of benzene rings is 1. The highest BCUT2D eigenvalue weighted by Gasteiger charge is 2.13. The number of carbonyl (C=O) groups excluding carboxylic acids is 1. The number of aromatic nitrogens is 2. The number of carbonyl (C=O) groups is 1. The first-order valence-corrected chi connectivity index (χ1v) is 10.4. The lowest BCUT2D eigenvalue weighted by Crippen LogP contribution is -2.13. The summed E-state index contributed by atoms with van der Waals surface area (Å²) in [7, 11) is 3.92. The Morgan fingerprint density at radius 3 is 2.54 bits per heavy atom. The zero-order valence-electron chi connectivity index (χ0n) is 16.7. The number of nitrogens with one attached hydrogen (secondary N) is 1. The van der Waals surface area contributed by atoms with Gasteiger partial charge in [0.05, 0.1) is 0 Å². The monoisotopic (exact) mass is 397 g/mol. The number of aryl methyl sites for hydroxylation is 1. The van der Waals surface area contributed by atoms with Gasteiger partial charge in [-0.2, -0.15) is 5.26 Å². The minimum absolute atomic E-state index is 0.0360. The quantitative estimate of drug-likeness (QED) is 0.358. The van der Waals surface area contributed by atoms with Gasteiger partial charge in [-0.1, -0.05) is 56.1 Å². The van der Waals surface area contributed by atoms with E-state index < -0.39 is 5.91 Å². The first-order chi connectivity index (χ1) is 13.5. The topological polar surface area (TPSA) is 81.9 Å². The largest absolute Gasteiger partial charge is 0.378 e. The van der Waals surface area contributed by atoms with Crippen LogP contribution >= 0.6 is 11.3 Å². The molecule has 7 heteroatoms. The fraction of sp³-hybridized carbons (Fsp3) is 0.429. The number of anilines is 2. The number of nitriles is 1. The second kappa shape index (κ2) is 11.2. The van der Waals surface area contributed by atoms with E-state index in [9.17, 15) is 10.1 Å². The summed E-state index contributed by atoms with van der Waals surface area (Å²) in [5.41, 5.74) is 1.88. The van der Waals surface area contributed by atoms with E-state index in [0.29, 0.717) is 5.13 Å². The molecule has 0 saturated carbocycles. The van der Waals surface area contributed by atoms with Gasteiger partial charge in [0, 0.05) is 26.2 Å².